The molecule has 0 saturated carbocycles. The number of Topliss-reactive ketones (excluding diaryl/α,β-unsaturated/α-hetero) is 1. The van der Waals surface area contributed by atoms with Gasteiger partial charge in [0.25, 0.3) is 0 Å². The average Bonchev–Trinajstić information content (AvgIpc) is 2.04. The van der Waals surface area contributed by atoms with E-state index < -0.39 is 0 Å². The number of unbranched alkanes of at least 4 members (excludes halogenated alkanes) is 3. The minimum Gasteiger partial charge on any atom is -0.295 e. The first-order valence-electron chi connectivity index (χ1n) is 4.48. The largest absolute Gasteiger partial charge is 0.295 e. The first kappa shape index (κ1) is 11.9. The van der Waals surface area contributed by atoms with Gasteiger partial charge in [-0.25, -0.2) is 0 Å². The molecule has 70 valence electrons. The summed E-state index contributed by atoms with van der Waals surface area (Å²) in [6.07, 6.45) is 6.77. The molecule has 0 saturated heterocycles. The molecule has 0 spiro atoms. The molecule has 0 N–H and O–H groups in total. The van der Waals surface area contributed by atoms with E-state index in [0.29, 0.717) is 5.33 Å². The van der Waals surface area contributed by atoms with E-state index in [1.54, 1.807) is 6.92 Å². The Labute approximate surface area is 83.4 Å². The normalized spacial score (nSPS) is 11.8. The van der Waals surface area contributed by atoms with Gasteiger partial charge in [-0.1, -0.05) is 41.8 Å². The lowest BCUT2D eigenvalue weighted by Crippen LogP contribution is -1.97. The number of carbonyl (C=O) groups is 1. The van der Waals surface area contributed by atoms with Crippen LogP contribution in [0, 0.1) is 0 Å². The lowest BCUT2D eigenvalue weighted by molar-refractivity contribution is -0.113. The number of carbonyl (C=O) groups excluding carboxylic acids is 1. The van der Waals surface area contributed by atoms with Crippen molar-refractivity contribution in [1.82, 2.24) is 0 Å². The van der Waals surface area contributed by atoms with Crippen LogP contribution in [0.2, 0.25) is 0 Å². The Hall–Kier alpha value is -0.110. The van der Waals surface area contributed by atoms with Crippen LogP contribution in [0.25, 0.3) is 0 Å². The Bertz CT molecular complexity index is 161. The van der Waals surface area contributed by atoms with Crippen molar-refractivity contribution in [3.8, 4) is 0 Å². The van der Waals surface area contributed by atoms with Gasteiger partial charge in [0.05, 0.1) is 0 Å². The Morgan fingerprint density at radius 3 is 2.50 bits per heavy atom. The molecule has 0 bridgehead atoms. The summed E-state index contributed by atoms with van der Waals surface area (Å²) in [5.74, 6) is 0.184. The Morgan fingerprint density at radius 2 is 2.08 bits per heavy atom. The number of allylic oxidation sites excluding steroid dienone is 2. The zero-order chi connectivity index (χ0) is 9.40. The van der Waals surface area contributed by atoms with Crippen molar-refractivity contribution in [2.45, 2.75) is 39.5 Å². The van der Waals surface area contributed by atoms with Gasteiger partial charge in [0, 0.05) is 10.9 Å². The van der Waals surface area contributed by atoms with Gasteiger partial charge < -0.3 is 0 Å². The van der Waals surface area contributed by atoms with E-state index in [-0.39, 0.29) is 5.78 Å². The first-order chi connectivity index (χ1) is 5.72. The quantitative estimate of drug-likeness (QED) is 0.390. The monoisotopic (exact) mass is 232 g/mol. The average molecular weight is 233 g/mol. The van der Waals surface area contributed by atoms with Gasteiger partial charge in [-0.2, -0.15) is 0 Å². The summed E-state index contributed by atoms with van der Waals surface area (Å²) in [5, 5.41) is 0.689. The summed E-state index contributed by atoms with van der Waals surface area (Å²) in [5.41, 5.74) is 0.908. The van der Waals surface area contributed by atoms with Crippen LogP contribution >= 0.6 is 15.9 Å². The molecule has 0 heterocycles. The van der Waals surface area contributed by atoms with Gasteiger partial charge in [0.1, 0.15) is 0 Å². The third-order valence-corrected chi connectivity index (χ3v) is 2.40. The molecular weight excluding hydrogens is 216 g/mol. The van der Waals surface area contributed by atoms with Crippen LogP contribution < -0.4 is 0 Å². The van der Waals surface area contributed by atoms with Crippen LogP contribution in [0.3, 0.4) is 0 Å². The summed E-state index contributed by atoms with van der Waals surface area (Å²) < 4.78 is 0. The van der Waals surface area contributed by atoms with E-state index in [1.165, 1.54) is 19.3 Å². The van der Waals surface area contributed by atoms with Crippen molar-refractivity contribution in [3.63, 3.8) is 0 Å². The third-order valence-electron chi connectivity index (χ3n) is 1.79. The van der Waals surface area contributed by atoms with E-state index in [2.05, 4.69) is 22.9 Å². The Balaban J connectivity index is 3.71. The standard InChI is InChI=1S/C10H17BrO/c1-3-4-5-6-7-10(8-11)9(2)12/h7H,3-6,8H2,1-2H3/b10-7+. The van der Waals surface area contributed by atoms with Gasteiger partial charge in [-0.05, 0) is 19.8 Å². The number of hydrogen-bond donors (Lipinski definition) is 0. The van der Waals surface area contributed by atoms with Gasteiger partial charge in [-0.3, -0.25) is 4.79 Å². The molecule has 0 aromatic rings. The molecule has 0 radical (unpaired) electrons. The minimum atomic E-state index is 0.184. The van der Waals surface area contributed by atoms with E-state index >= 15 is 0 Å². The van der Waals surface area contributed by atoms with Gasteiger partial charge in [0.2, 0.25) is 0 Å². The maximum Gasteiger partial charge on any atom is 0.156 e. The molecule has 0 aromatic heterocycles. The maximum absolute atomic E-state index is 10.9. The Kier molecular flexibility index (Phi) is 7.47. The highest BCUT2D eigenvalue weighted by Gasteiger charge is 1.99. The van der Waals surface area contributed by atoms with Crippen LogP contribution in [0.1, 0.15) is 39.5 Å². The lowest BCUT2D eigenvalue weighted by Gasteiger charge is -1.97. The maximum atomic E-state index is 10.9. The van der Waals surface area contributed by atoms with E-state index in [1.807, 2.05) is 6.08 Å². The fourth-order valence-electron chi connectivity index (χ4n) is 0.963. The fourth-order valence-corrected chi connectivity index (χ4v) is 1.59. The number of rotatable bonds is 6. The summed E-state index contributed by atoms with van der Waals surface area (Å²) in [4.78, 5) is 10.9. The molecule has 0 rings (SSSR count). The van der Waals surface area contributed by atoms with Gasteiger partial charge in [-0.15, -0.1) is 0 Å². The third kappa shape index (κ3) is 5.53. The fraction of sp³-hybridized carbons (Fsp3) is 0.700. The molecule has 0 aliphatic rings. The first-order valence-corrected chi connectivity index (χ1v) is 5.60. The molecule has 1 nitrogen and oxygen atoms in total. The second-order valence-electron chi connectivity index (χ2n) is 2.91. The highest BCUT2D eigenvalue weighted by atomic mass is 79.9. The second kappa shape index (κ2) is 7.53. The highest BCUT2D eigenvalue weighted by Crippen LogP contribution is 2.06. The van der Waals surface area contributed by atoms with E-state index in [9.17, 15) is 4.79 Å². The van der Waals surface area contributed by atoms with Crippen LogP contribution in [0.5, 0.6) is 0 Å². The molecular formula is C10H17BrO. The summed E-state index contributed by atoms with van der Waals surface area (Å²) in [7, 11) is 0. The number of alkyl halides is 1. The zero-order valence-corrected chi connectivity index (χ0v) is 9.49. The predicted octanol–water partition coefficient (Wildman–Crippen LogP) is 3.48. The topological polar surface area (TPSA) is 17.1 Å². The number of ketones is 1. The van der Waals surface area contributed by atoms with Gasteiger partial charge >= 0.3 is 0 Å². The SMILES string of the molecule is CCCCC/C=C(\CBr)C(C)=O. The highest BCUT2D eigenvalue weighted by molar-refractivity contribution is 9.09. The lowest BCUT2D eigenvalue weighted by atomic mass is 10.1. The molecule has 12 heavy (non-hydrogen) atoms. The van der Waals surface area contributed by atoms with E-state index in [0.717, 1.165) is 12.0 Å². The van der Waals surface area contributed by atoms with Crippen LogP contribution in [0.4, 0.5) is 0 Å². The van der Waals surface area contributed by atoms with Crippen molar-refractivity contribution >= 4 is 21.7 Å². The molecule has 2 heteroatoms. The van der Waals surface area contributed by atoms with Crippen molar-refractivity contribution in [3.05, 3.63) is 11.6 Å². The van der Waals surface area contributed by atoms with Crippen LogP contribution in [-0.4, -0.2) is 11.1 Å². The van der Waals surface area contributed by atoms with Crippen molar-refractivity contribution in [1.29, 1.82) is 0 Å². The summed E-state index contributed by atoms with van der Waals surface area (Å²) >= 11 is 3.30. The molecule has 0 fully saturated rings. The number of halogens is 1. The second-order valence-corrected chi connectivity index (χ2v) is 3.48. The van der Waals surface area contributed by atoms with Gasteiger partial charge in [0.15, 0.2) is 5.78 Å². The summed E-state index contributed by atoms with van der Waals surface area (Å²) in [6.45, 7) is 3.80. The predicted molar refractivity (Wildman–Crippen MR) is 56.7 cm³/mol. The van der Waals surface area contributed by atoms with Crippen molar-refractivity contribution < 1.29 is 4.79 Å². The minimum absolute atomic E-state index is 0.184. The van der Waals surface area contributed by atoms with Crippen LogP contribution in [-0.2, 0) is 4.79 Å². The Morgan fingerprint density at radius 1 is 1.42 bits per heavy atom. The zero-order valence-electron chi connectivity index (χ0n) is 7.90. The van der Waals surface area contributed by atoms with Crippen LogP contribution in [0.15, 0.2) is 11.6 Å². The molecule has 0 atom stereocenters. The molecule has 0 aliphatic heterocycles. The number of hydrogen-bond acceptors (Lipinski definition) is 1. The molecule has 0 aromatic carbocycles. The van der Waals surface area contributed by atoms with E-state index in [4.69, 9.17) is 0 Å². The summed E-state index contributed by atoms with van der Waals surface area (Å²) in [6, 6.07) is 0. The molecule has 0 amide bonds. The molecule has 0 unspecified atom stereocenters. The van der Waals surface area contributed by atoms with Crippen molar-refractivity contribution in [2.24, 2.45) is 0 Å². The van der Waals surface area contributed by atoms with Crippen molar-refractivity contribution in [2.75, 3.05) is 5.33 Å². The smallest absolute Gasteiger partial charge is 0.156 e. The molecule has 0 aliphatic carbocycles.